The summed E-state index contributed by atoms with van der Waals surface area (Å²) < 4.78 is 10.5. The smallest absolute Gasteiger partial charge is 0.244 e. The Morgan fingerprint density at radius 1 is 1.20 bits per heavy atom. The zero-order chi connectivity index (χ0) is 18.1. The first-order valence-corrected chi connectivity index (χ1v) is 8.66. The van der Waals surface area contributed by atoms with E-state index in [9.17, 15) is 4.79 Å². The molecule has 0 radical (unpaired) electrons. The van der Waals surface area contributed by atoms with Crippen LogP contribution >= 0.6 is 0 Å². The molecule has 0 bridgehead atoms. The number of nitrogens with two attached hydrogens (primary N) is 1. The number of ether oxygens (including phenoxy) is 2. The molecule has 0 spiro atoms. The normalized spacial score (nSPS) is 15.0. The Kier molecular flexibility index (Phi) is 7.37. The number of hydrogen-bond acceptors (Lipinski definition) is 4. The van der Waals surface area contributed by atoms with Crippen molar-refractivity contribution in [2.24, 2.45) is 10.7 Å². The minimum absolute atomic E-state index is 0.0457. The molecule has 1 aromatic carbocycles. The number of carbonyl (C=O) groups excluding carboxylic acids is 1. The maximum absolute atomic E-state index is 12.0. The van der Waals surface area contributed by atoms with Gasteiger partial charge in [-0.1, -0.05) is 6.07 Å². The van der Waals surface area contributed by atoms with Crippen LogP contribution in [-0.2, 0) is 11.2 Å². The molecule has 0 atom stereocenters. The third kappa shape index (κ3) is 5.85. The number of nitrogens with zero attached hydrogens (tertiary/aromatic N) is 2. The van der Waals surface area contributed by atoms with E-state index in [1.165, 1.54) is 6.42 Å². The molecule has 0 saturated carbocycles. The fraction of sp³-hybridized carbons (Fsp3) is 0.556. The molecule has 1 aromatic rings. The Balaban J connectivity index is 1.75. The molecule has 1 saturated heterocycles. The highest BCUT2D eigenvalue weighted by atomic mass is 16.5. The van der Waals surface area contributed by atoms with Gasteiger partial charge in [-0.3, -0.25) is 4.79 Å². The van der Waals surface area contributed by atoms with E-state index in [0.29, 0.717) is 24.0 Å². The number of benzene rings is 1. The number of amides is 1. The van der Waals surface area contributed by atoms with E-state index < -0.39 is 0 Å². The van der Waals surface area contributed by atoms with E-state index in [-0.39, 0.29) is 12.5 Å². The summed E-state index contributed by atoms with van der Waals surface area (Å²) in [7, 11) is 3.23. The van der Waals surface area contributed by atoms with Gasteiger partial charge in [0.1, 0.15) is 6.54 Å². The Morgan fingerprint density at radius 3 is 2.60 bits per heavy atom. The molecule has 7 heteroatoms. The van der Waals surface area contributed by atoms with Gasteiger partial charge in [0.25, 0.3) is 0 Å². The Labute approximate surface area is 149 Å². The van der Waals surface area contributed by atoms with E-state index in [2.05, 4.69) is 10.3 Å². The van der Waals surface area contributed by atoms with Gasteiger partial charge in [-0.15, -0.1) is 0 Å². The summed E-state index contributed by atoms with van der Waals surface area (Å²) >= 11 is 0. The van der Waals surface area contributed by atoms with Crippen LogP contribution in [0.2, 0.25) is 0 Å². The molecule has 2 rings (SSSR count). The number of aliphatic imine (C=N–C) groups is 1. The van der Waals surface area contributed by atoms with E-state index in [1.54, 1.807) is 14.2 Å². The predicted molar refractivity (Wildman–Crippen MR) is 98.2 cm³/mol. The number of nitrogens with one attached hydrogen (secondary N) is 1. The molecule has 25 heavy (non-hydrogen) atoms. The number of likely N-dealkylation sites (tertiary alicyclic amines) is 1. The van der Waals surface area contributed by atoms with Crippen LogP contribution in [0.15, 0.2) is 23.2 Å². The van der Waals surface area contributed by atoms with Crippen LogP contribution in [0.5, 0.6) is 11.5 Å². The van der Waals surface area contributed by atoms with Crippen LogP contribution in [0.4, 0.5) is 0 Å². The molecule has 1 fully saturated rings. The summed E-state index contributed by atoms with van der Waals surface area (Å²) in [4.78, 5) is 18.0. The van der Waals surface area contributed by atoms with Gasteiger partial charge in [-0.2, -0.15) is 0 Å². The summed E-state index contributed by atoms with van der Waals surface area (Å²) in [5, 5.41) is 3.04. The number of guanidine groups is 1. The SMILES string of the molecule is COc1ccc(CCNC(N)=NCC(=O)N2CCCCC2)cc1OC. The van der Waals surface area contributed by atoms with Gasteiger partial charge in [0, 0.05) is 19.6 Å². The summed E-state index contributed by atoms with van der Waals surface area (Å²) in [6, 6.07) is 5.80. The Morgan fingerprint density at radius 2 is 1.92 bits per heavy atom. The zero-order valence-electron chi connectivity index (χ0n) is 15.1. The van der Waals surface area contributed by atoms with Gasteiger partial charge in [0.2, 0.25) is 5.91 Å². The Bertz CT molecular complexity index is 598. The van der Waals surface area contributed by atoms with Crippen LogP contribution in [0.1, 0.15) is 24.8 Å². The molecule has 3 N–H and O–H groups in total. The number of rotatable bonds is 7. The van der Waals surface area contributed by atoms with Crippen molar-refractivity contribution in [2.45, 2.75) is 25.7 Å². The topological polar surface area (TPSA) is 89.2 Å². The number of hydrogen-bond donors (Lipinski definition) is 2. The molecule has 1 aliphatic rings. The molecule has 1 heterocycles. The lowest BCUT2D eigenvalue weighted by Gasteiger charge is -2.26. The van der Waals surface area contributed by atoms with Crippen molar-refractivity contribution in [1.29, 1.82) is 0 Å². The highest BCUT2D eigenvalue weighted by molar-refractivity contribution is 5.84. The first-order valence-electron chi connectivity index (χ1n) is 8.66. The first-order chi connectivity index (χ1) is 12.1. The minimum Gasteiger partial charge on any atom is -0.493 e. The lowest BCUT2D eigenvalue weighted by atomic mass is 10.1. The van der Waals surface area contributed by atoms with Crippen LogP contribution in [-0.4, -0.2) is 57.2 Å². The molecule has 0 aromatic heterocycles. The zero-order valence-corrected chi connectivity index (χ0v) is 15.1. The van der Waals surface area contributed by atoms with Crippen molar-refractivity contribution in [3.63, 3.8) is 0 Å². The van der Waals surface area contributed by atoms with Gasteiger partial charge in [0.15, 0.2) is 17.5 Å². The van der Waals surface area contributed by atoms with Gasteiger partial charge >= 0.3 is 0 Å². The monoisotopic (exact) mass is 348 g/mol. The lowest BCUT2D eigenvalue weighted by molar-refractivity contribution is -0.130. The third-order valence-corrected chi connectivity index (χ3v) is 4.26. The van der Waals surface area contributed by atoms with Crippen molar-refractivity contribution < 1.29 is 14.3 Å². The molecule has 0 unspecified atom stereocenters. The summed E-state index contributed by atoms with van der Waals surface area (Å²) in [5.74, 6) is 1.75. The van der Waals surface area contributed by atoms with Crippen LogP contribution in [0.25, 0.3) is 0 Å². The minimum atomic E-state index is 0.0457. The fourth-order valence-corrected chi connectivity index (χ4v) is 2.82. The number of methoxy groups -OCH3 is 2. The number of piperidine rings is 1. The molecule has 0 aliphatic carbocycles. The largest absolute Gasteiger partial charge is 0.493 e. The average Bonchev–Trinajstić information content (AvgIpc) is 2.66. The Hall–Kier alpha value is -2.44. The van der Waals surface area contributed by atoms with Crippen LogP contribution < -0.4 is 20.5 Å². The van der Waals surface area contributed by atoms with Gasteiger partial charge in [0.05, 0.1) is 14.2 Å². The highest BCUT2D eigenvalue weighted by Gasteiger charge is 2.15. The molecule has 7 nitrogen and oxygen atoms in total. The standard InChI is InChI=1S/C18H28N4O3/c1-24-15-7-6-14(12-16(15)25-2)8-9-20-18(19)21-13-17(23)22-10-4-3-5-11-22/h6-7,12H,3-5,8-11,13H2,1-2H3,(H3,19,20,21). The third-order valence-electron chi connectivity index (χ3n) is 4.26. The predicted octanol–water partition coefficient (Wildman–Crippen LogP) is 1.16. The van der Waals surface area contributed by atoms with E-state index in [1.807, 2.05) is 23.1 Å². The molecule has 1 amide bonds. The first kappa shape index (κ1) is 18.9. The van der Waals surface area contributed by atoms with E-state index in [4.69, 9.17) is 15.2 Å². The summed E-state index contributed by atoms with van der Waals surface area (Å²) in [6.45, 7) is 2.40. The average molecular weight is 348 g/mol. The molecular formula is C18H28N4O3. The number of carbonyl (C=O) groups is 1. The van der Waals surface area contributed by atoms with Gasteiger partial charge in [-0.05, 0) is 43.4 Å². The second kappa shape index (κ2) is 9.76. The maximum Gasteiger partial charge on any atom is 0.244 e. The van der Waals surface area contributed by atoms with Crippen molar-refractivity contribution in [3.8, 4) is 11.5 Å². The summed E-state index contributed by atoms with van der Waals surface area (Å²) in [5.41, 5.74) is 6.94. The van der Waals surface area contributed by atoms with Gasteiger partial charge < -0.3 is 25.4 Å². The maximum atomic E-state index is 12.0. The van der Waals surface area contributed by atoms with E-state index >= 15 is 0 Å². The van der Waals surface area contributed by atoms with Gasteiger partial charge in [-0.25, -0.2) is 4.99 Å². The van der Waals surface area contributed by atoms with Crippen molar-refractivity contribution in [3.05, 3.63) is 23.8 Å². The fourth-order valence-electron chi connectivity index (χ4n) is 2.82. The van der Waals surface area contributed by atoms with E-state index in [0.717, 1.165) is 37.9 Å². The molecule has 1 aliphatic heterocycles. The second-order valence-electron chi connectivity index (χ2n) is 6.01. The van der Waals surface area contributed by atoms with Crippen molar-refractivity contribution in [1.82, 2.24) is 10.2 Å². The highest BCUT2D eigenvalue weighted by Crippen LogP contribution is 2.27. The van der Waals surface area contributed by atoms with Crippen LogP contribution in [0.3, 0.4) is 0 Å². The molecule has 138 valence electrons. The quantitative estimate of drug-likeness (QED) is 0.570. The second-order valence-corrected chi connectivity index (χ2v) is 6.01. The molecular weight excluding hydrogens is 320 g/mol. The van der Waals surface area contributed by atoms with Crippen molar-refractivity contribution >= 4 is 11.9 Å². The summed E-state index contributed by atoms with van der Waals surface area (Å²) in [6.07, 6.45) is 4.12. The lowest BCUT2D eigenvalue weighted by Crippen LogP contribution is -2.39. The van der Waals surface area contributed by atoms with Crippen LogP contribution in [0, 0.1) is 0 Å². The van der Waals surface area contributed by atoms with Crippen molar-refractivity contribution in [2.75, 3.05) is 40.4 Å².